The largest absolute Gasteiger partial charge is 0.399 e. The molecule has 0 saturated carbocycles. The number of aromatic nitrogens is 3. The molecule has 3 aromatic rings. The van der Waals surface area contributed by atoms with Gasteiger partial charge in [-0.05, 0) is 11.6 Å². The molecule has 5 nitrogen and oxygen atoms in total. The van der Waals surface area contributed by atoms with Crippen molar-refractivity contribution in [3.8, 4) is 0 Å². The minimum atomic E-state index is 0.356. The van der Waals surface area contributed by atoms with E-state index < -0.39 is 0 Å². The summed E-state index contributed by atoms with van der Waals surface area (Å²) in [6.45, 7) is 0.716. The van der Waals surface area contributed by atoms with Crippen molar-refractivity contribution in [1.82, 2.24) is 14.8 Å². The van der Waals surface area contributed by atoms with Crippen molar-refractivity contribution >= 4 is 28.8 Å². The predicted octanol–water partition coefficient (Wildman–Crippen LogP) is 3.31. The molecule has 0 amide bonds. The van der Waals surface area contributed by atoms with Gasteiger partial charge in [-0.15, -0.1) is 0 Å². The molecule has 0 radical (unpaired) electrons. The number of hydrogen-bond donors (Lipinski definition) is 2. The van der Waals surface area contributed by atoms with E-state index in [1.807, 2.05) is 29.1 Å². The highest BCUT2D eigenvalue weighted by molar-refractivity contribution is 6.29. The van der Waals surface area contributed by atoms with E-state index in [0.29, 0.717) is 23.2 Å². The minimum Gasteiger partial charge on any atom is -0.399 e. The van der Waals surface area contributed by atoms with Gasteiger partial charge in [0.2, 0.25) is 0 Å². The zero-order valence-corrected chi connectivity index (χ0v) is 12.0. The number of pyridine rings is 1. The zero-order chi connectivity index (χ0) is 14.7. The van der Waals surface area contributed by atoms with E-state index in [-0.39, 0.29) is 0 Å². The van der Waals surface area contributed by atoms with E-state index in [0.717, 1.165) is 5.69 Å². The molecule has 2 aromatic heterocycles. The van der Waals surface area contributed by atoms with Crippen LogP contribution in [0.25, 0.3) is 0 Å². The second-order valence-electron chi connectivity index (χ2n) is 4.65. The molecule has 0 aliphatic heterocycles. The summed E-state index contributed by atoms with van der Waals surface area (Å²) in [5.41, 5.74) is 8.32. The summed E-state index contributed by atoms with van der Waals surface area (Å²) in [6.07, 6.45) is 3.65. The molecule has 0 aliphatic rings. The number of nitrogens with zero attached hydrogens (tertiary/aromatic N) is 3. The van der Waals surface area contributed by atoms with Crippen molar-refractivity contribution in [3.63, 3.8) is 0 Å². The maximum Gasteiger partial charge on any atom is 0.134 e. The Hall–Kier alpha value is -2.53. The predicted molar refractivity (Wildman–Crippen MR) is 84.7 cm³/mol. The fraction of sp³-hybridized carbons (Fsp3) is 0.0667. The van der Waals surface area contributed by atoms with Gasteiger partial charge in [-0.3, -0.25) is 4.68 Å². The molecule has 0 atom stereocenters. The van der Waals surface area contributed by atoms with E-state index in [2.05, 4.69) is 27.5 Å². The van der Waals surface area contributed by atoms with Crippen molar-refractivity contribution in [2.45, 2.75) is 6.54 Å². The van der Waals surface area contributed by atoms with E-state index >= 15 is 0 Å². The van der Waals surface area contributed by atoms with Crippen LogP contribution in [0.5, 0.6) is 0 Å². The smallest absolute Gasteiger partial charge is 0.134 e. The van der Waals surface area contributed by atoms with Crippen molar-refractivity contribution in [2.24, 2.45) is 0 Å². The summed E-state index contributed by atoms with van der Waals surface area (Å²) in [6, 6.07) is 13.5. The Kier molecular flexibility index (Phi) is 3.75. The highest BCUT2D eigenvalue weighted by Gasteiger charge is 2.03. The lowest BCUT2D eigenvalue weighted by atomic mass is 10.2. The number of halogens is 1. The van der Waals surface area contributed by atoms with Gasteiger partial charge in [-0.1, -0.05) is 41.9 Å². The lowest BCUT2D eigenvalue weighted by Crippen LogP contribution is -1.99. The first kappa shape index (κ1) is 13.5. The standard InChI is InChI=1S/C15H14ClN5/c16-14-6-12(17)7-15(20-14)19-13-8-18-21(10-13)9-11-4-2-1-3-5-11/h1-8,10H,9H2,(H3,17,19,20). The molecule has 3 N–H and O–H groups in total. The number of hydrogen-bond acceptors (Lipinski definition) is 4. The van der Waals surface area contributed by atoms with Gasteiger partial charge < -0.3 is 11.1 Å². The first-order valence-corrected chi connectivity index (χ1v) is 6.83. The molecule has 21 heavy (non-hydrogen) atoms. The molecular formula is C15H14ClN5. The topological polar surface area (TPSA) is 68.8 Å². The van der Waals surface area contributed by atoms with Crippen LogP contribution >= 0.6 is 11.6 Å². The molecule has 0 spiro atoms. The Morgan fingerprint density at radius 3 is 2.76 bits per heavy atom. The average Bonchev–Trinajstić information content (AvgIpc) is 2.86. The lowest BCUT2D eigenvalue weighted by Gasteiger charge is -2.04. The fourth-order valence-corrected chi connectivity index (χ4v) is 2.23. The highest BCUT2D eigenvalue weighted by atomic mass is 35.5. The first-order valence-electron chi connectivity index (χ1n) is 6.45. The van der Waals surface area contributed by atoms with Crippen LogP contribution in [-0.2, 0) is 6.54 Å². The molecule has 6 heteroatoms. The van der Waals surface area contributed by atoms with Crippen LogP contribution in [0.3, 0.4) is 0 Å². The summed E-state index contributed by atoms with van der Waals surface area (Å²) in [4.78, 5) is 4.16. The third-order valence-corrected chi connectivity index (χ3v) is 3.10. The number of anilines is 3. The molecule has 0 aliphatic carbocycles. The Bertz CT molecular complexity index is 719. The fourth-order valence-electron chi connectivity index (χ4n) is 2.01. The lowest BCUT2D eigenvalue weighted by molar-refractivity contribution is 0.687. The monoisotopic (exact) mass is 299 g/mol. The van der Waals surface area contributed by atoms with E-state index in [9.17, 15) is 0 Å². The molecule has 1 aromatic carbocycles. The molecule has 0 saturated heterocycles. The number of nitrogens with one attached hydrogen (secondary N) is 1. The van der Waals surface area contributed by atoms with Gasteiger partial charge in [0.15, 0.2) is 0 Å². The zero-order valence-electron chi connectivity index (χ0n) is 11.2. The Morgan fingerprint density at radius 2 is 2.00 bits per heavy atom. The average molecular weight is 300 g/mol. The maximum atomic E-state index is 5.88. The van der Waals surface area contributed by atoms with Gasteiger partial charge in [0, 0.05) is 18.0 Å². The molecule has 106 valence electrons. The van der Waals surface area contributed by atoms with Gasteiger partial charge in [0.05, 0.1) is 18.4 Å². The molecule has 0 bridgehead atoms. The van der Waals surface area contributed by atoms with E-state index in [1.165, 1.54) is 5.56 Å². The third-order valence-electron chi connectivity index (χ3n) is 2.91. The Balaban J connectivity index is 1.73. The molecule has 2 heterocycles. The summed E-state index contributed by atoms with van der Waals surface area (Å²) in [5, 5.41) is 7.80. The van der Waals surface area contributed by atoms with Crippen LogP contribution in [0, 0.1) is 0 Å². The Morgan fingerprint density at radius 1 is 1.19 bits per heavy atom. The third kappa shape index (κ3) is 3.52. The molecule has 0 unspecified atom stereocenters. The second-order valence-corrected chi connectivity index (χ2v) is 5.03. The van der Waals surface area contributed by atoms with E-state index in [1.54, 1.807) is 18.3 Å². The summed E-state index contributed by atoms with van der Waals surface area (Å²) in [7, 11) is 0. The minimum absolute atomic E-state index is 0.356. The molecular weight excluding hydrogens is 286 g/mol. The Labute approximate surface area is 127 Å². The normalized spacial score (nSPS) is 10.5. The highest BCUT2D eigenvalue weighted by Crippen LogP contribution is 2.19. The molecule has 0 fully saturated rings. The van der Waals surface area contributed by atoms with Crippen molar-refractivity contribution in [2.75, 3.05) is 11.1 Å². The quantitative estimate of drug-likeness (QED) is 0.725. The second kappa shape index (κ2) is 5.85. The summed E-state index contributed by atoms with van der Waals surface area (Å²) >= 11 is 5.88. The van der Waals surface area contributed by atoms with Crippen molar-refractivity contribution < 1.29 is 0 Å². The van der Waals surface area contributed by atoms with E-state index in [4.69, 9.17) is 17.3 Å². The van der Waals surface area contributed by atoms with Crippen molar-refractivity contribution in [1.29, 1.82) is 0 Å². The summed E-state index contributed by atoms with van der Waals surface area (Å²) < 4.78 is 1.85. The van der Waals surface area contributed by atoms with Crippen LogP contribution in [0.4, 0.5) is 17.2 Å². The van der Waals surface area contributed by atoms with Gasteiger partial charge in [0.1, 0.15) is 11.0 Å². The van der Waals surface area contributed by atoms with Crippen LogP contribution in [0.1, 0.15) is 5.56 Å². The van der Waals surface area contributed by atoms with Gasteiger partial charge in [0.25, 0.3) is 0 Å². The van der Waals surface area contributed by atoms with Crippen LogP contribution in [0.2, 0.25) is 5.15 Å². The maximum absolute atomic E-state index is 5.88. The summed E-state index contributed by atoms with van der Waals surface area (Å²) in [5.74, 6) is 0.597. The van der Waals surface area contributed by atoms with Crippen LogP contribution in [-0.4, -0.2) is 14.8 Å². The number of nitrogens with two attached hydrogens (primary N) is 1. The van der Waals surface area contributed by atoms with Gasteiger partial charge >= 0.3 is 0 Å². The molecule has 3 rings (SSSR count). The van der Waals surface area contributed by atoms with Crippen molar-refractivity contribution in [3.05, 3.63) is 65.6 Å². The van der Waals surface area contributed by atoms with Gasteiger partial charge in [-0.2, -0.15) is 5.10 Å². The van der Waals surface area contributed by atoms with Crippen LogP contribution in [0.15, 0.2) is 54.9 Å². The first-order chi connectivity index (χ1) is 10.2. The number of nitrogen functional groups attached to an aromatic ring is 1. The van der Waals surface area contributed by atoms with Gasteiger partial charge in [-0.25, -0.2) is 4.98 Å². The number of benzene rings is 1. The SMILES string of the molecule is Nc1cc(Cl)nc(Nc2cnn(Cc3ccccc3)c2)c1. The van der Waals surface area contributed by atoms with Crippen LogP contribution < -0.4 is 11.1 Å². The number of rotatable bonds is 4.